The Morgan fingerprint density at radius 3 is 2.92 bits per heavy atom. The van der Waals surface area contributed by atoms with Crippen molar-refractivity contribution in [2.24, 2.45) is 11.7 Å². The molecule has 13 heavy (non-hydrogen) atoms. The number of thiocarbonyl (C=S) groups is 1. The maximum atomic E-state index is 11.2. The Balaban J connectivity index is 2.51. The number of piperidine rings is 1. The van der Waals surface area contributed by atoms with Crippen molar-refractivity contribution in [2.75, 3.05) is 20.2 Å². The average molecular weight is 202 g/mol. The number of carbonyl (C=O) groups is 1. The second-order valence-electron chi connectivity index (χ2n) is 3.15. The highest BCUT2D eigenvalue weighted by Crippen LogP contribution is 2.17. The standard InChI is InChI=1S/C8H14N2O2S/c1-12-7(11)6-3-2-4-10(5-6)8(9)13/h6H,2-5H2,1H3,(H2,9,13). The van der Waals surface area contributed by atoms with E-state index in [1.807, 2.05) is 4.90 Å². The molecule has 1 aliphatic rings. The van der Waals surface area contributed by atoms with E-state index in [9.17, 15) is 4.79 Å². The molecule has 1 heterocycles. The van der Waals surface area contributed by atoms with Crippen LogP contribution in [0.2, 0.25) is 0 Å². The van der Waals surface area contributed by atoms with Gasteiger partial charge in [-0.05, 0) is 25.1 Å². The summed E-state index contributed by atoms with van der Waals surface area (Å²) in [6.45, 7) is 1.45. The van der Waals surface area contributed by atoms with Crippen LogP contribution in [0.15, 0.2) is 0 Å². The summed E-state index contributed by atoms with van der Waals surface area (Å²) in [4.78, 5) is 13.0. The quantitative estimate of drug-likeness (QED) is 0.483. The van der Waals surface area contributed by atoms with Gasteiger partial charge in [-0.15, -0.1) is 0 Å². The van der Waals surface area contributed by atoms with E-state index >= 15 is 0 Å². The number of carbonyl (C=O) groups excluding carboxylic acids is 1. The normalized spacial score (nSPS) is 22.5. The number of methoxy groups -OCH3 is 1. The van der Waals surface area contributed by atoms with Gasteiger partial charge >= 0.3 is 5.97 Å². The summed E-state index contributed by atoms with van der Waals surface area (Å²) in [5.41, 5.74) is 5.48. The fourth-order valence-electron chi connectivity index (χ4n) is 1.54. The highest BCUT2D eigenvalue weighted by molar-refractivity contribution is 7.80. The summed E-state index contributed by atoms with van der Waals surface area (Å²) in [5, 5.41) is 0.369. The van der Waals surface area contributed by atoms with Crippen molar-refractivity contribution < 1.29 is 9.53 Å². The number of hydrogen-bond donors (Lipinski definition) is 1. The van der Waals surface area contributed by atoms with E-state index in [0.29, 0.717) is 11.7 Å². The fraction of sp³-hybridized carbons (Fsp3) is 0.750. The Morgan fingerprint density at radius 1 is 1.69 bits per heavy atom. The van der Waals surface area contributed by atoms with Gasteiger partial charge in [-0.3, -0.25) is 4.79 Å². The summed E-state index contributed by atoms with van der Waals surface area (Å²) in [7, 11) is 1.40. The third-order valence-electron chi connectivity index (χ3n) is 2.27. The first-order valence-electron chi connectivity index (χ1n) is 4.27. The summed E-state index contributed by atoms with van der Waals surface area (Å²) < 4.78 is 4.67. The van der Waals surface area contributed by atoms with Gasteiger partial charge in [-0.25, -0.2) is 0 Å². The van der Waals surface area contributed by atoms with Crippen molar-refractivity contribution in [1.29, 1.82) is 0 Å². The molecule has 0 amide bonds. The molecular formula is C8H14N2O2S. The lowest BCUT2D eigenvalue weighted by molar-refractivity contribution is -0.146. The number of rotatable bonds is 1. The third-order valence-corrected chi connectivity index (χ3v) is 2.53. The Kier molecular flexibility index (Phi) is 3.48. The summed E-state index contributed by atoms with van der Waals surface area (Å²) in [6, 6.07) is 0. The minimum absolute atomic E-state index is 0.0692. The van der Waals surface area contributed by atoms with Crippen LogP contribution >= 0.6 is 12.2 Å². The lowest BCUT2D eigenvalue weighted by atomic mass is 9.99. The van der Waals surface area contributed by atoms with Crippen molar-refractivity contribution in [1.82, 2.24) is 4.90 Å². The molecule has 1 rings (SSSR count). The van der Waals surface area contributed by atoms with Gasteiger partial charge in [-0.2, -0.15) is 0 Å². The van der Waals surface area contributed by atoms with Gasteiger partial charge in [0.15, 0.2) is 5.11 Å². The molecule has 2 N–H and O–H groups in total. The molecule has 0 aromatic carbocycles. The van der Waals surface area contributed by atoms with Gasteiger partial charge in [0, 0.05) is 13.1 Å². The van der Waals surface area contributed by atoms with E-state index in [1.54, 1.807) is 0 Å². The van der Waals surface area contributed by atoms with E-state index in [1.165, 1.54) is 7.11 Å². The molecule has 0 aliphatic carbocycles. The molecule has 0 radical (unpaired) electrons. The first kappa shape index (κ1) is 10.2. The Bertz CT molecular complexity index is 220. The SMILES string of the molecule is COC(=O)C1CCCN(C(N)=S)C1. The number of nitrogens with zero attached hydrogens (tertiary/aromatic N) is 1. The number of nitrogens with two attached hydrogens (primary N) is 1. The third kappa shape index (κ3) is 2.55. The van der Waals surface area contributed by atoms with E-state index in [4.69, 9.17) is 18.0 Å². The van der Waals surface area contributed by atoms with Crippen LogP contribution in [0.3, 0.4) is 0 Å². The zero-order valence-corrected chi connectivity index (χ0v) is 8.47. The maximum Gasteiger partial charge on any atom is 0.310 e. The number of likely N-dealkylation sites (tertiary alicyclic amines) is 1. The smallest absolute Gasteiger partial charge is 0.310 e. The molecule has 0 aromatic rings. The first-order valence-corrected chi connectivity index (χ1v) is 4.68. The zero-order chi connectivity index (χ0) is 9.84. The van der Waals surface area contributed by atoms with Crippen LogP contribution in [0, 0.1) is 5.92 Å². The van der Waals surface area contributed by atoms with E-state index < -0.39 is 0 Å². The van der Waals surface area contributed by atoms with Crippen molar-refractivity contribution in [3.63, 3.8) is 0 Å². The average Bonchev–Trinajstić information content (AvgIpc) is 2.17. The number of esters is 1. The highest BCUT2D eigenvalue weighted by Gasteiger charge is 2.26. The molecule has 0 aromatic heterocycles. The van der Waals surface area contributed by atoms with Gasteiger partial charge in [0.1, 0.15) is 0 Å². The van der Waals surface area contributed by atoms with Crippen LogP contribution in [0.1, 0.15) is 12.8 Å². The van der Waals surface area contributed by atoms with Crippen LogP contribution in [0.4, 0.5) is 0 Å². The van der Waals surface area contributed by atoms with Crippen molar-refractivity contribution >= 4 is 23.3 Å². The van der Waals surface area contributed by atoms with Crippen molar-refractivity contribution in [2.45, 2.75) is 12.8 Å². The second-order valence-corrected chi connectivity index (χ2v) is 3.56. The number of hydrogen-bond acceptors (Lipinski definition) is 3. The lowest BCUT2D eigenvalue weighted by Crippen LogP contribution is -2.44. The summed E-state index contributed by atoms with van der Waals surface area (Å²) in [6.07, 6.45) is 1.81. The largest absolute Gasteiger partial charge is 0.469 e. The summed E-state index contributed by atoms with van der Waals surface area (Å²) >= 11 is 4.84. The number of ether oxygens (including phenoxy) is 1. The first-order chi connectivity index (χ1) is 6.15. The van der Waals surface area contributed by atoms with Gasteiger partial charge in [0.2, 0.25) is 0 Å². The molecule has 5 heteroatoms. The van der Waals surface area contributed by atoms with Crippen LogP contribution < -0.4 is 5.73 Å². The molecule has 4 nitrogen and oxygen atoms in total. The molecule has 1 fully saturated rings. The monoisotopic (exact) mass is 202 g/mol. The van der Waals surface area contributed by atoms with Gasteiger partial charge in [0.05, 0.1) is 13.0 Å². The van der Waals surface area contributed by atoms with Gasteiger partial charge in [0.25, 0.3) is 0 Å². The molecule has 0 bridgehead atoms. The topological polar surface area (TPSA) is 55.6 Å². The van der Waals surface area contributed by atoms with Gasteiger partial charge < -0.3 is 15.4 Å². The van der Waals surface area contributed by atoms with Crippen LogP contribution in [0.5, 0.6) is 0 Å². The van der Waals surface area contributed by atoms with E-state index in [2.05, 4.69) is 4.74 Å². The van der Waals surface area contributed by atoms with E-state index in [0.717, 1.165) is 19.4 Å². The molecule has 0 spiro atoms. The molecule has 1 unspecified atom stereocenters. The molecule has 1 atom stereocenters. The zero-order valence-electron chi connectivity index (χ0n) is 7.66. The fourth-order valence-corrected chi connectivity index (χ4v) is 1.70. The maximum absolute atomic E-state index is 11.2. The molecule has 0 saturated carbocycles. The predicted molar refractivity (Wildman–Crippen MR) is 53.1 cm³/mol. The minimum Gasteiger partial charge on any atom is -0.469 e. The molecule has 74 valence electrons. The Hall–Kier alpha value is -0.840. The van der Waals surface area contributed by atoms with Gasteiger partial charge in [-0.1, -0.05) is 0 Å². The molecular weight excluding hydrogens is 188 g/mol. The predicted octanol–water partition coefficient (Wildman–Crippen LogP) is 0.115. The van der Waals surface area contributed by atoms with Crippen LogP contribution in [-0.2, 0) is 9.53 Å². The van der Waals surface area contributed by atoms with Crippen molar-refractivity contribution in [3.05, 3.63) is 0 Å². The van der Waals surface area contributed by atoms with Crippen LogP contribution in [-0.4, -0.2) is 36.2 Å². The summed E-state index contributed by atoms with van der Waals surface area (Å²) in [5.74, 6) is -0.235. The minimum atomic E-state index is -0.166. The van der Waals surface area contributed by atoms with E-state index in [-0.39, 0.29) is 11.9 Å². The molecule has 1 aliphatic heterocycles. The van der Waals surface area contributed by atoms with Crippen molar-refractivity contribution in [3.8, 4) is 0 Å². The highest BCUT2D eigenvalue weighted by atomic mass is 32.1. The Labute approximate surface area is 83.0 Å². The second kappa shape index (κ2) is 4.41. The van der Waals surface area contributed by atoms with Crippen LogP contribution in [0.25, 0.3) is 0 Å². The molecule has 1 saturated heterocycles. The lowest BCUT2D eigenvalue weighted by Gasteiger charge is -2.31. The Morgan fingerprint density at radius 2 is 2.38 bits per heavy atom.